The fourth-order valence-electron chi connectivity index (χ4n) is 2.63. The zero-order valence-electron chi connectivity index (χ0n) is 14.1. The first-order valence-electron chi connectivity index (χ1n) is 8.19. The van der Waals surface area contributed by atoms with E-state index in [9.17, 15) is 4.79 Å². The van der Waals surface area contributed by atoms with Crippen LogP contribution in [0, 0.1) is 0 Å². The summed E-state index contributed by atoms with van der Waals surface area (Å²) in [4.78, 5) is 18.7. The molecule has 1 aliphatic rings. The molecule has 5 nitrogen and oxygen atoms in total. The Hall–Kier alpha value is -1.30. The second kappa shape index (κ2) is 9.11. The van der Waals surface area contributed by atoms with Crippen LogP contribution in [0.15, 0.2) is 24.3 Å². The minimum atomic E-state index is 0.0410. The molecule has 1 saturated heterocycles. The van der Waals surface area contributed by atoms with E-state index in [1.165, 1.54) is 0 Å². The molecule has 1 fully saturated rings. The van der Waals surface area contributed by atoms with Gasteiger partial charge in [-0.25, -0.2) is 4.79 Å². The molecule has 0 bridgehead atoms. The summed E-state index contributed by atoms with van der Waals surface area (Å²) in [5, 5.41) is 3.74. The Balaban J connectivity index is 1.65. The summed E-state index contributed by atoms with van der Waals surface area (Å²) in [7, 11) is 4.17. The fourth-order valence-corrected chi connectivity index (χ4v) is 2.85. The van der Waals surface area contributed by atoms with E-state index in [0.29, 0.717) is 6.54 Å². The number of piperazine rings is 1. The molecule has 0 aromatic heterocycles. The number of nitrogens with zero attached hydrogens (tertiary/aromatic N) is 3. The van der Waals surface area contributed by atoms with Crippen LogP contribution >= 0.6 is 11.6 Å². The van der Waals surface area contributed by atoms with E-state index < -0.39 is 0 Å². The Kier molecular flexibility index (Phi) is 7.15. The standard InChI is InChI=1S/C17H27ClN4O/c1-20(2)8-9-21-10-12-22(13-11-21)17(23)19-7-6-15-4-3-5-16(18)14-15/h3-5,14H,6-13H2,1-2H3,(H,19,23). The number of hydrogen-bond acceptors (Lipinski definition) is 3. The minimum absolute atomic E-state index is 0.0410. The molecule has 0 aliphatic carbocycles. The van der Waals surface area contributed by atoms with E-state index >= 15 is 0 Å². The first kappa shape index (κ1) is 18.0. The first-order valence-corrected chi connectivity index (χ1v) is 8.56. The number of hydrogen-bond donors (Lipinski definition) is 1. The van der Waals surface area contributed by atoms with Gasteiger partial charge in [0.15, 0.2) is 0 Å². The monoisotopic (exact) mass is 338 g/mol. The number of halogens is 1. The van der Waals surface area contributed by atoms with Crippen LogP contribution in [-0.4, -0.2) is 80.6 Å². The summed E-state index contributed by atoms with van der Waals surface area (Å²) in [6.07, 6.45) is 0.801. The van der Waals surface area contributed by atoms with Crippen molar-refractivity contribution in [2.45, 2.75) is 6.42 Å². The van der Waals surface area contributed by atoms with Gasteiger partial charge in [0.25, 0.3) is 0 Å². The third-order valence-electron chi connectivity index (χ3n) is 4.10. The molecule has 1 heterocycles. The second-order valence-corrected chi connectivity index (χ2v) is 6.68. The van der Waals surface area contributed by atoms with Gasteiger partial charge in [-0.15, -0.1) is 0 Å². The smallest absolute Gasteiger partial charge is 0.317 e. The van der Waals surface area contributed by atoms with Crippen LogP contribution in [0.3, 0.4) is 0 Å². The summed E-state index contributed by atoms with van der Waals surface area (Å²) < 4.78 is 0. The Labute approximate surface area is 144 Å². The average molecular weight is 339 g/mol. The SMILES string of the molecule is CN(C)CCN1CCN(C(=O)NCCc2cccc(Cl)c2)CC1. The lowest BCUT2D eigenvalue weighted by Crippen LogP contribution is -2.52. The van der Waals surface area contributed by atoms with Crippen LogP contribution in [0.5, 0.6) is 0 Å². The number of nitrogens with one attached hydrogen (secondary N) is 1. The maximum atomic E-state index is 12.2. The summed E-state index contributed by atoms with van der Waals surface area (Å²) >= 11 is 5.96. The lowest BCUT2D eigenvalue weighted by atomic mass is 10.1. The van der Waals surface area contributed by atoms with Gasteiger partial charge < -0.3 is 15.1 Å². The third kappa shape index (κ3) is 6.37. The highest BCUT2D eigenvalue weighted by Gasteiger charge is 2.20. The van der Waals surface area contributed by atoms with Crippen LogP contribution in [0.1, 0.15) is 5.56 Å². The van der Waals surface area contributed by atoms with Crippen molar-refractivity contribution in [2.24, 2.45) is 0 Å². The van der Waals surface area contributed by atoms with Crippen LogP contribution in [0.2, 0.25) is 5.02 Å². The van der Waals surface area contributed by atoms with Crippen molar-refractivity contribution in [3.8, 4) is 0 Å². The molecular weight excluding hydrogens is 312 g/mol. The number of benzene rings is 1. The fraction of sp³-hybridized carbons (Fsp3) is 0.588. The van der Waals surface area contributed by atoms with Crippen LogP contribution in [0.4, 0.5) is 4.79 Å². The second-order valence-electron chi connectivity index (χ2n) is 6.24. The predicted octanol–water partition coefficient (Wildman–Crippen LogP) is 1.77. The zero-order chi connectivity index (χ0) is 16.7. The molecule has 0 saturated carbocycles. The Morgan fingerprint density at radius 2 is 2.00 bits per heavy atom. The van der Waals surface area contributed by atoms with Gasteiger partial charge in [-0.2, -0.15) is 0 Å². The van der Waals surface area contributed by atoms with E-state index in [4.69, 9.17) is 11.6 Å². The average Bonchev–Trinajstić information content (AvgIpc) is 2.53. The van der Waals surface area contributed by atoms with Gasteiger partial charge in [0.1, 0.15) is 0 Å². The van der Waals surface area contributed by atoms with E-state index in [1.54, 1.807) is 0 Å². The molecule has 0 radical (unpaired) electrons. The summed E-state index contributed by atoms with van der Waals surface area (Å²) in [5.41, 5.74) is 1.14. The highest BCUT2D eigenvalue weighted by Crippen LogP contribution is 2.10. The normalized spacial score (nSPS) is 15.9. The molecule has 1 N–H and O–H groups in total. The molecular formula is C17H27ClN4O. The first-order chi connectivity index (χ1) is 11.0. The quantitative estimate of drug-likeness (QED) is 0.859. The Bertz CT molecular complexity index is 501. The molecule has 2 rings (SSSR count). The van der Waals surface area contributed by atoms with Crippen LogP contribution in [-0.2, 0) is 6.42 Å². The van der Waals surface area contributed by atoms with E-state index in [1.807, 2.05) is 29.2 Å². The molecule has 2 amide bonds. The minimum Gasteiger partial charge on any atom is -0.338 e. The Morgan fingerprint density at radius 3 is 2.65 bits per heavy atom. The molecule has 0 unspecified atom stereocenters. The van der Waals surface area contributed by atoms with Gasteiger partial charge in [0, 0.05) is 50.8 Å². The highest BCUT2D eigenvalue weighted by molar-refractivity contribution is 6.30. The number of carbonyl (C=O) groups excluding carboxylic acids is 1. The number of carbonyl (C=O) groups is 1. The molecule has 0 atom stereocenters. The van der Waals surface area contributed by atoms with Crippen molar-refractivity contribution in [3.63, 3.8) is 0 Å². The van der Waals surface area contributed by atoms with Gasteiger partial charge in [-0.3, -0.25) is 4.90 Å². The number of amides is 2. The number of urea groups is 1. The summed E-state index contributed by atoms with van der Waals surface area (Å²) in [6, 6.07) is 7.81. The molecule has 128 valence electrons. The van der Waals surface area contributed by atoms with Crippen molar-refractivity contribution in [1.29, 1.82) is 0 Å². The van der Waals surface area contributed by atoms with E-state index in [-0.39, 0.29) is 6.03 Å². The Morgan fingerprint density at radius 1 is 1.26 bits per heavy atom. The lowest BCUT2D eigenvalue weighted by molar-refractivity contribution is 0.133. The number of likely N-dealkylation sites (N-methyl/N-ethyl adjacent to an activating group) is 1. The summed E-state index contributed by atoms with van der Waals surface area (Å²) in [6.45, 7) is 6.28. The molecule has 1 aliphatic heterocycles. The van der Waals surface area contributed by atoms with Gasteiger partial charge in [0.05, 0.1) is 0 Å². The molecule has 1 aromatic rings. The van der Waals surface area contributed by atoms with Crippen molar-refractivity contribution in [3.05, 3.63) is 34.9 Å². The largest absolute Gasteiger partial charge is 0.338 e. The molecule has 1 aromatic carbocycles. The summed E-state index contributed by atoms with van der Waals surface area (Å²) in [5.74, 6) is 0. The van der Waals surface area contributed by atoms with Gasteiger partial charge in [-0.1, -0.05) is 23.7 Å². The van der Waals surface area contributed by atoms with Gasteiger partial charge in [0.2, 0.25) is 0 Å². The van der Waals surface area contributed by atoms with Crippen LogP contribution in [0.25, 0.3) is 0 Å². The molecule has 23 heavy (non-hydrogen) atoms. The lowest BCUT2D eigenvalue weighted by Gasteiger charge is -2.35. The van der Waals surface area contributed by atoms with Crippen molar-refractivity contribution >= 4 is 17.6 Å². The van der Waals surface area contributed by atoms with E-state index in [0.717, 1.165) is 56.3 Å². The third-order valence-corrected chi connectivity index (χ3v) is 4.34. The molecule has 0 spiro atoms. The number of rotatable bonds is 6. The van der Waals surface area contributed by atoms with Crippen molar-refractivity contribution in [1.82, 2.24) is 20.0 Å². The van der Waals surface area contributed by atoms with Crippen molar-refractivity contribution in [2.75, 3.05) is 59.9 Å². The maximum absolute atomic E-state index is 12.2. The predicted molar refractivity (Wildman–Crippen MR) is 95.1 cm³/mol. The molecule has 6 heteroatoms. The van der Waals surface area contributed by atoms with Gasteiger partial charge in [-0.05, 0) is 38.2 Å². The van der Waals surface area contributed by atoms with E-state index in [2.05, 4.69) is 29.2 Å². The zero-order valence-corrected chi connectivity index (χ0v) is 14.9. The topological polar surface area (TPSA) is 38.8 Å². The maximum Gasteiger partial charge on any atom is 0.317 e. The highest BCUT2D eigenvalue weighted by atomic mass is 35.5. The van der Waals surface area contributed by atoms with Crippen LogP contribution < -0.4 is 5.32 Å². The van der Waals surface area contributed by atoms with Crippen molar-refractivity contribution < 1.29 is 4.79 Å². The van der Waals surface area contributed by atoms with Gasteiger partial charge >= 0.3 is 6.03 Å².